The van der Waals surface area contributed by atoms with Crippen molar-refractivity contribution < 1.29 is 0 Å². The highest BCUT2D eigenvalue weighted by Crippen LogP contribution is 2.06. The Morgan fingerprint density at radius 2 is 1.64 bits per heavy atom. The van der Waals surface area contributed by atoms with E-state index in [0.29, 0.717) is 0 Å². The quantitative estimate of drug-likeness (QED) is 0.643. The fourth-order valence-corrected chi connectivity index (χ4v) is 1.76. The molecule has 2 heteroatoms. The second-order valence-corrected chi connectivity index (χ2v) is 3.60. The van der Waals surface area contributed by atoms with Gasteiger partial charge in [0, 0.05) is 25.2 Å². The van der Waals surface area contributed by atoms with Crippen LogP contribution < -0.4 is 5.32 Å². The molecule has 0 aromatic heterocycles. The van der Waals surface area contributed by atoms with Gasteiger partial charge < -0.3 is 10.2 Å². The molecule has 1 heterocycles. The zero-order valence-corrected chi connectivity index (χ0v) is 7.93. The number of hydrogen-bond donors (Lipinski definition) is 1. The molecule has 2 atom stereocenters. The summed E-state index contributed by atoms with van der Waals surface area (Å²) in [7, 11) is 2.21. The van der Waals surface area contributed by atoms with Crippen molar-refractivity contribution in [2.24, 2.45) is 0 Å². The van der Waals surface area contributed by atoms with E-state index in [4.69, 9.17) is 0 Å². The molecule has 0 radical (unpaired) electrons. The zero-order chi connectivity index (χ0) is 8.27. The predicted molar refractivity (Wildman–Crippen MR) is 48.8 cm³/mol. The molecule has 2 nitrogen and oxygen atoms in total. The third-order valence-corrected chi connectivity index (χ3v) is 2.52. The fraction of sp³-hybridized carbons (Fsp3) is 1.00. The van der Waals surface area contributed by atoms with Crippen LogP contribution in [-0.4, -0.2) is 37.1 Å². The van der Waals surface area contributed by atoms with Crippen LogP contribution in [-0.2, 0) is 0 Å². The Morgan fingerprint density at radius 3 is 2.00 bits per heavy atom. The van der Waals surface area contributed by atoms with Crippen LogP contribution in [0, 0.1) is 0 Å². The van der Waals surface area contributed by atoms with E-state index in [1.54, 1.807) is 0 Å². The molecule has 1 saturated heterocycles. The van der Waals surface area contributed by atoms with Crippen molar-refractivity contribution >= 4 is 0 Å². The first-order valence-electron chi connectivity index (χ1n) is 4.70. The van der Waals surface area contributed by atoms with Crippen LogP contribution in [0.15, 0.2) is 0 Å². The van der Waals surface area contributed by atoms with Gasteiger partial charge in [-0.05, 0) is 19.9 Å². The number of nitrogens with zero attached hydrogens (tertiary/aromatic N) is 1. The van der Waals surface area contributed by atoms with Crippen molar-refractivity contribution in [3.05, 3.63) is 0 Å². The van der Waals surface area contributed by atoms with Gasteiger partial charge >= 0.3 is 0 Å². The van der Waals surface area contributed by atoms with Gasteiger partial charge in [-0.1, -0.05) is 13.8 Å². The molecule has 0 aromatic rings. The standard InChI is InChI=1S/C9H20N2/c1-4-8-6-11(3)7-9(5-2)10-8/h8-10H,4-7H2,1-3H3/t8-,9-/m1/s1. The highest BCUT2D eigenvalue weighted by molar-refractivity contribution is 4.82. The number of likely N-dealkylation sites (N-methyl/N-ethyl adjacent to an activating group) is 1. The minimum atomic E-state index is 0.721. The second-order valence-electron chi connectivity index (χ2n) is 3.60. The largest absolute Gasteiger partial charge is 0.309 e. The van der Waals surface area contributed by atoms with E-state index in [2.05, 4.69) is 31.1 Å². The fourth-order valence-electron chi connectivity index (χ4n) is 1.76. The van der Waals surface area contributed by atoms with Crippen molar-refractivity contribution in [1.29, 1.82) is 0 Å². The SMILES string of the molecule is CC[C@@H]1CN(C)C[C@@H](CC)N1. The van der Waals surface area contributed by atoms with E-state index in [-0.39, 0.29) is 0 Å². The van der Waals surface area contributed by atoms with E-state index < -0.39 is 0 Å². The lowest BCUT2D eigenvalue weighted by molar-refractivity contribution is 0.185. The molecule has 0 amide bonds. The third kappa shape index (κ3) is 2.46. The van der Waals surface area contributed by atoms with Crippen LogP contribution in [0.1, 0.15) is 26.7 Å². The average molecular weight is 156 g/mol. The molecule has 1 aliphatic rings. The molecule has 0 spiro atoms. The maximum atomic E-state index is 3.64. The molecule has 0 unspecified atom stereocenters. The molecule has 0 saturated carbocycles. The van der Waals surface area contributed by atoms with Crippen LogP contribution in [0.2, 0.25) is 0 Å². The Balaban J connectivity index is 2.37. The van der Waals surface area contributed by atoms with E-state index in [9.17, 15) is 0 Å². The monoisotopic (exact) mass is 156 g/mol. The molecule has 1 fully saturated rings. The summed E-state index contributed by atoms with van der Waals surface area (Å²) >= 11 is 0. The van der Waals surface area contributed by atoms with Gasteiger partial charge in [-0.2, -0.15) is 0 Å². The number of rotatable bonds is 2. The molecular formula is C9H20N2. The van der Waals surface area contributed by atoms with Gasteiger partial charge in [0.05, 0.1) is 0 Å². The highest BCUT2D eigenvalue weighted by atomic mass is 15.2. The van der Waals surface area contributed by atoms with Crippen molar-refractivity contribution in [1.82, 2.24) is 10.2 Å². The molecule has 66 valence electrons. The van der Waals surface area contributed by atoms with Crippen molar-refractivity contribution in [2.75, 3.05) is 20.1 Å². The summed E-state index contributed by atoms with van der Waals surface area (Å²) in [6.07, 6.45) is 2.50. The van der Waals surface area contributed by atoms with E-state index in [1.165, 1.54) is 25.9 Å². The smallest absolute Gasteiger partial charge is 0.0195 e. The van der Waals surface area contributed by atoms with Gasteiger partial charge in [-0.3, -0.25) is 0 Å². The number of nitrogens with one attached hydrogen (secondary N) is 1. The van der Waals surface area contributed by atoms with Crippen LogP contribution in [0.25, 0.3) is 0 Å². The Bertz CT molecular complexity index is 102. The molecule has 11 heavy (non-hydrogen) atoms. The molecule has 0 aromatic carbocycles. The summed E-state index contributed by atoms with van der Waals surface area (Å²) in [5, 5.41) is 3.64. The summed E-state index contributed by atoms with van der Waals surface area (Å²) in [6.45, 7) is 6.94. The summed E-state index contributed by atoms with van der Waals surface area (Å²) in [4.78, 5) is 2.43. The number of hydrogen-bond acceptors (Lipinski definition) is 2. The first kappa shape index (κ1) is 9.01. The van der Waals surface area contributed by atoms with Crippen LogP contribution in [0.3, 0.4) is 0 Å². The maximum Gasteiger partial charge on any atom is 0.0195 e. The first-order chi connectivity index (χ1) is 5.26. The first-order valence-corrected chi connectivity index (χ1v) is 4.70. The van der Waals surface area contributed by atoms with E-state index in [1.807, 2.05) is 0 Å². The summed E-state index contributed by atoms with van der Waals surface area (Å²) < 4.78 is 0. The average Bonchev–Trinajstić information content (AvgIpc) is 2.03. The van der Waals surface area contributed by atoms with Gasteiger partial charge in [-0.15, -0.1) is 0 Å². The van der Waals surface area contributed by atoms with E-state index >= 15 is 0 Å². The Hall–Kier alpha value is -0.0800. The van der Waals surface area contributed by atoms with Crippen molar-refractivity contribution in [3.63, 3.8) is 0 Å². The van der Waals surface area contributed by atoms with Gasteiger partial charge in [0.25, 0.3) is 0 Å². The predicted octanol–water partition coefficient (Wildman–Crippen LogP) is 1.08. The lowest BCUT2D eigenvalue weighted by Crippen LogP contribution is -2.54. The Labute approximate surface area is 70.0 Å². The minimum Gasteiger partial charge on any atom is -0.309 e. The zero-order valence-electron chi connectivity index (χ0n) is 7.93. The Morgan fingerprint density at radius 1 is 1.18 bits per heavy atom. The van der Waals surface area contributed by atoms with E-state index in [0.717, 1.165) is 12.1 Å². The molecule has 0 bridgehead atoms. The van der Waals surface area contributed by atoms with Gasteiger partial charge in [-0.25, -0.2) is 0 Å². The van der Waals surface area contributed by atoms with Gasteiger partial charge in [0.2, 0.25) is 0 Å². The van der Waals surface area contributed by atoms with Crippen LogP contribution in [0.4, 0.5) is 0 Å². The molecule has 1 N–H and O–H groups in total. The highest BCUT2D eigenvalue weighted by Gasteiger charge is 2.21. The molecule has 1 rings (SSSR count). The molecule has 0 aliphatic carbocycles. The van der Waals surface area contributed by atoms with Crippen LogP contribution >= 0.6 is 0 Å². The lowest BCUT2D eigenvalue weighted by Gasteiger charge is -2.36. The normalized spacial score (nSPS) is 34.1. The minimum absolute atomic E-state index is 0.721. The third-order valence-electron chi connectivity index (χ3n) is 2.52. The van der Waals surface area contributed by atoms with Crippen LogP contribution in [0.5, 0.6) is 0 Å². The number of piperazine rings is 1. The summed E-state index contributed by atoms with van der Waals surface area (Å²) in [5.74, 6) is 0. The summed E-state index contributed by atoms with van der Waals surface area (Å²) in [5.41, 5.74) is 0. The molecule has 1 aliphatic heterocycles. The molecular weight excluding hydrogens is 136 g/mol. The Kier molecular flexibility index (Phi) is 3.34. The van der Waals surface area contributed by atoms with Gasteiger partial charge in [0.15, 0.2) is 0 Å². The van der Waals surface area contributed by atoms with Gasteiger partial charge in [0.1, 0.15) is 0 Å². The second kappa shape index (κ2) is 4.07. The van der Waals surface area contributed by atoms with Crippen molar-refractivity contribution in [3.8, 4) is 0 Å². The van der Waals surface area contributed by atoms with Crippen molar-refractivity contribution in [2.45, 2.75) is 38.8 Å². The maximum absolute atomic E-state index is 3.64. The lowest BCUT2D eigenvalue weighted by atomic mass is 10.1. The topological polar surface area (TPSA) is 15.3 Å². The summed E-state index contributed by atoms with van der Waals surface area (Å²) in [6, 6.07) is 1.44.